The van der Waals surface area contributed by atoms with Gasteiger partial charge in [0.25, 0.3) is 0 Å². The monoisotopic (exact) mass is 328 g/mol. The highest BCUT2D eigenvalue weighted by atomic mass is 16.1. The summed E-state index contributed by atoms with van der Waals surface area (Å²) in [7, 11) is 1.95. The van der Waals surface area contributed by atoms with Crippen LogP contribution in [0, 0.1) is 13.8 Å². The van der Waals surface area contributed by atoms with Crippen LogP contribution >= 0.6 is 0 Å². The zero-order chi connectivity index (χ0) is 16.8. The van der Waals surface area contributed by atoms with E-state index < -0.39 is 0 Å². The number of aromatic nitrogens is 5. The lowest BCUT2D eigenvalue weighted by Gasteiger charge is -2.23. The first kappa shape index (κ1) is 15.4. The van der Waals surface area contributed by atoms with Crippen LogP contribution in [0.1, 0.15) is 72.7 Å². The van der Waals surface area contributed by atoms with E-state index in [1.54, 1.807) is 0 Å². The average molecular weight is 328 g/mol. The van der Waals surface area contributed by atoms with E-state index in [9.17, 15) is 4.79 Å². The lowest BCUT2D eigenvalue weighted by atomic mass is 9.96. The number of hydrogen-bond donors (Lipinski definition) is 1. The Morgan fingerprint density at radius 1 is 1.21 bits per heavy atom. The molecule has 1 unspecified atom stereocenters. The number of amides is 1. The molecule has 1 aliphatic carbocycles. The second kappa shape index (κ2) is 5.72. The highest BCUT2D eigenvalue weighted by molar-refractivity contribution is 5.77. The third kappa shape index (κ3) is 2.72. The van der Waals surface area contributed by atoms with Gasteiger partial charge < -0.3 is 5.32 Å². The Morgan fingerprint density at radius 2 is 2.00 bits per heavy atom. The molecule has 0 aromatic carbocycles. The predicted molar refractivity (Wildman–Crippen MR) is 88.5 cm³/mol. The topological polar surface area (TPSA) is 77.6 Å². The molecule has 24 heavy (non-hydrogen) atoms. The maximum Gasteiger partial charge on any atom is 0.220 e. The van der Waals surface area contributed by atoms with E-state index in [1.165, 1.54) is 12.8 Å². The summed E-state index contributed by atoms with van der Waals surface area (Å²) < 4.78 is 3.86. The third-order valence-corrected chi connectivity index (χ3v) is 5.12. The molecular weight excluding hydrogens is 304 g/mol. The molecule has 1 saturated heterocycles. The van der Waals surface area contributed by atoms with E-state index in [0.29, 0.717) is 18.9 Å². The van der Waals surface area contributed by atoms with Crippen LogP contribution in [0.2, 0.25) is 0 Å². The number of hydrogen-bond acceptors (Lipinski definition) is 4. The maximum absolute atomic E-state index is 11.7. The summed E-state index contributed by atoms with van der Waals surface area (Å²) in [4.78, 5) is 16.4. The molecule has 4 rings (SSSR count). The van der Waals surface area contributed by atoms with Gasteiger partial charge in [-0.05, 0) is 39.5 Å². The highest BCUT2D eigenvalue weighted by Crippen LogP contribution is 2.38. The van der Waals surface area contributed by atoms with Gasteiger partial charge in [-0.25, -0.2) is 4.98 Å². The Labute approximate surface area is 141 Å². The zero-order valence-corrected chi connectivity index (χ0v) is 14.5. The molecule has 0 radical (unpaired) electrons. The zero-order valence-electron chi connectivity index (χ0n) is 14.5. The number of nitrogens with one attached hydrogen (secondary N) is 1. The van der Waals surface area contributed by atoms with Gasteiger partial charge in [-0.2, -0.15) is 10.2 Å². The predicted octanol–water partition coefficient (Wildman–Crippen LogP) is 1.90. The summed E-state index contributed by atoms with van der Waals surface area (Å²) in [6.07, 6.45) is 4.96. The van der Waals surface area contributed by atoms with Gasteiger partial charge in [0.05, 0.1) is 11.7 Å². The van der Waals surface area contributed by atoms with Gasteiger partial charge in [0.1, 0.15) is 12.4 Å². The van der Waals surface area contributed by atoms with Gasteiger partial charge in [-0.3, -0.25) is 14.2 Å². The molecule has 2 aromatic heterocycles. The van der Waals surface area contributed by atoms with Crippen LogP contribution in [0.25, 0.3) is 0 Å². The van der Waals surface area contributed by atoms with Gasteiger partial charge in [-0.15, -0.1) is 0 Å². The Balaban J connectivity index is 1.60. The van der Waals surface area contributed by atoms with E-state index in [-0.39, 0.29) is 11.9 Å². The fourth-order valence-electron chi connectivity index (χ4n) is 3.62. The molecule has 2 aromatic rings. The molecule has 7 heteroatoms. The Hall–Kier alpha value is -2.18. The van der Waals surface area contributed by atoms with Crippen molar-refractivity contribution >= 4 is 5.91 Å². The van der Waals surface area contributed by atoms with Crippen molar-refractivity contribution in [3.8, 4) is 0 Å². The van der Waals surface area contributed by atoms with Crippen LogP contribution in [-0.2, 0) is 18.4 Å². The quantitative estimate of drug-likeness (QED) is 0.930. The number of piperidine rings is 1. The maximum atomic E-state index is 11.7. The van der Waals surface area contributed by atoms with E-state index >= 15 is 0 Å². The summed E-state index contributed by atoms with van der Waals surface area (Å²) >= 11 is 0. The van der Waals surface area contributed by atoms with Crippen LogP contribution in [0.4, 0.5) is 0 Å². The minimum Gasteiger partial charge on any atom is -0.349 e. The number of rotatable bonds is 4. The van der Waals surface area contributed by atoms with Crippen molar-refractivity contribution < 1.29 is 4.79 Å². The van der Waals surface area contributed by atoms with Gasteiger partial charge >= 0.3 is 0 Å². The fourth-order valence-corrected chi connectivity index (χ4v) is 3.62. The van der Waals surface area contributed by atoms with E-state index in [2.05, 4.69) is 17.3 Å². The lowest BCUT2D eigenvalue weighted by Crippen LogP contribution is -2.33. The number of aryl methyl sites for hydroxylation is 2. The van der Waals surface area contributed by atoms with Crippen molar-refractivity contribution in [2.75, 3.05) is 0 Å². The Morgan fingerprint density at radius 3 is 2.71 bits per heavy atom. The minimum absolute atomic E-state index is 0.0847. The van der Waals surface area contributed by atoms with E-state index in [1.807, 2.05) is 23.3 Å². The molecule has 128 valence electrons. The largest absolute Gasteiger partial charge is 0.349 e. The van der Waals surface area contributed by atoms with E-state index in [0.717, 1.165) is 41.4 Å². The summed E-state index contributed by atoms with van der Waals surface area (Å²) in [6, 6.07) is 0.0847. The second-order valence-corrected chi connectivity index (χ2v) is 7.04. The molecular formula is C17H24N6O. The van der Waals surface area contributed by atoms with Gasteiger partial charge in [0, 0.05) is 30.6 Å². The Bertz CT molecular complexity index is 785. The van der Waals surface area contributed by atoms with E-state index in [4.69, 9.17) is 10.1 Å². The van der Waals surface area contributed by atoms with Crippen molar-refractivity contribution in [1.29, 1.82) is 0 Å². The molecule has 1 N–H and O–H groups in total. The van der Waals surface area contributed by atoms with Crippen molar-refractivity contribution in [3.63, 3.8) is 0 Å². The van der Waals surface area contributed by atoms with Crippen molar-refractivity contribution in [2.45, 2.75) is 64.5 Å². The third-order valence-electron chi connectivity index (χ3n) is 5.12. The van der Waals surface area contributed by atoms with Crippen LogP contribution < -0.4 is 5.32 Å². The smallest absolute Gasteiger partial charge is 0.220 e. The lowest BCUT2D eigenvalue weighted by molar-refractivity contribution is -0.123. The molecule has 2 aliphatic rings. The van der Waals surface area contributed by atoms with Gasteiger partial charge in [0.2, 0.25) is 5.91 Å². The van der Waals surface area contributed by atoms with Crippen molar-refractivity contribution in [3.05, 3.63) is 28.6 Å². The average Bonchev–Trinajstić information content (AvgIpc) is 3.26. The molecule has 7 nitrogen and oxygen atoms in total. The summed E-state index contributed by atoms with van der Waals surface area (Å²) in [6.45, 7) is 4.71. The first-order valence-corrected chi connectivity index (χ1v) is 8.76. The van der Waals surface area contributed by atoms with Crippen LogP contribution in [-0.4, -0.2) is 30.5 Å². The van der Waals surface area contributed by atoms with Crippen LogP contribution in [0.15, 0.2) is 0 Å². The molecule has 1 atom stereocenters. The molecule has 3 heterocycles. The molecule has 1 amide bonds. The SMILES string of the molecule is Cc1nn(Cc2nc(C3CC3)nn2C)c(C)c1C1CCCC(=O)N1. The van der Waals surface area contributed by atoms with Gasteiger partial charge in [0.15, 0.2) is 5.82 Å². The fraction of sp³-hybridized carbons (Fsp3) is 0.647. The number of carbonyl (C=O) groups excluding carboxylic acids is 1. The standard InChI is InChI=1S/C17H24N6O/c1-10-16(13-5-4-6-15(24)18-13)11(2)23(20-10)9-14-19-17(12-7-8-12)21-22(14)3/h12-13H,4-9H2,1-3H3,(H,18,24). The summed E-state index contributed by atoms with van der Waals surface area (Å²) in [5.41, 5.74) is 3.26. The van der Waals surface area contributed by atoms with Crippen LogP contribution in [0.3, 0.4) is 0 Å². The first-order valence-electron chi connectivity index (χ1n) is 8.76. The van der Waals surface area contributed by atoms with Crippen LogP contribution in [0.5, 0.6) is 0 Å². The van der Waals surface area contributed by atoms with Gasteiger partial charge in [-0.1, -0.05) is 0 Å². The first-order chi connectivity index (χ1) is 11.5. The number of nitrogens with zero attached hydrogens (tertiary/aromatic N) is 5. The molecule has 1 aliphatic heterocycles. The number of carbonyl (C=O) groups is 1. The van der Waals surface area contributed by atoms with Crippen molar-refractivity contribution in [1.82, 2.24) is 29.9 Å². The molecule has 1 saturated carbocycles. The highest BCUT2D eigenvalue weighted by Gasteiger charge is 2.29. The molecule has 0 bridgehead atoms. The molecule has 0 spiro atoms. The minimum atomic E-state index is 0.0847. The Kier molecular flexibility index (Phi) is 3.66. The molecule has 2 fully saturated rings. The second-order valence-electron chi connectivity index (χ2n) is 7.04. The van der Waals surface area contributed by atoms with Crippen molar-refractivity contribution in [2.24, 2.45) is 7.05 Å². The summed E-state index contributed by atoms with van der Waals surface area (Å²) in [5.74, 6) is 2.59. The normalized spacial score (nSPS) is 21.1. The summed E-state index contributed by atoms with van der Waals surface area (Å²) in [5, 5.41) is 12.3.